The summed E-state index contributed by atoms with van der Waals surface area (Å²) in [4.78, 5) is 13.0. The van der Waals surface area contributed by atoms with E-state index in [0.717, 1.165) is 17.1 Å². The number of pyridine rings is 3. The Labute approximate surface area is 132 Å². The Morgan fingerprint density at radius 3 is 2.22 bits per heavy atom. The standard InChI is InChI=1S/C17H12N6/c1-3-10-19-14(7-1)17-22-21-16(13-6-5-9-18-12-13)23(17)15-8-2-4-11-20-15/h1-12H. The van der Waals surface area contributed by atoms with Crippen molar-refractivity contribution in [2.45, 2.75) is 0 Å². The van der Waals surface area contributed by atoms with Crippen LogP contribution in [-0.2, 0) is 0 Å². The van der Waals surface area contributed by atoms with Crippen molar-refractivity contribution in [3.63, 3.8) is 0 Å². The minimum Gasteiger partial charge on any atom is -0.264 e. The van der Waals surface area contributed by atoms with Crippen molar-refractivity contribution in [1.29, 1.82) is 0 Å². The van der Waals surface area contributed by atoms with Crippen LogP contribution in [-0.4, -0.2) is 29.7 Å². The molecular weight excluding hydrogens is 288 g/mol. The molecule has 6 heteroatoms. The maximum Gasteiger partial charge on any atom is 0.188 e. The van der Waals surface area contributed by atoms with Crippen LogP contribution in [0.3, 0.4) is 0 Å². The molecule has 110 valence electrons. The average molecular weight is 300 g/mol. The Balaban J connectivity index is 1.97. The lowest BCUT2D eigenvalue weighted by atomic mass is 10.2. The van der Waals surface area contributed by atoms with Gasteiger partial charge in [-0.3, -0.25) is 14.5 Å². The molecule has 0 saturated heterocycles. The summed E-state index contributed by atoms with van der Waals surface area (Å²) in [6.45, 7) is 0. The van der Waals surface area contributed by atoms with Crippen molar-refractivity contribution >= 4 is 0 Å². The number of aromatic nitrogens is 6. The van der Waals surface area contributed by atoms with Gasteiger partial charge in [0.2, 0.25) is 0 Å². The Hall–Kier alpha value is -3.41. The molecule has 4 aromatic heterocycles. The lowest BCUT2D eigenvalue weighted by Gasteiger charge is -2.08. The highest BCUT2D eigenvalue weighted by Gasteiger charge is 2.18. The molecule has 0 unspecified atom stereocenters. The van der Waals surface area contributed by atoms with Crippen LogP contribution in [0.1, 0.15) is 0 Å². The van der Waals surface area contributed by atoms with Gasteiger partial charge < -0.3 is 0 Å². The Morgan fingerprint density at radius 1 is 0.696 bits per heavy atom. The zero-order chi connectivity index (χ0) is 15.5. The number of hydrogen-bond acceptors (Lipinski definition) is 5. The second kappa shape index (κ2) is 5.76. The van der Waals surface area contributed by atoms with Crippen LogP contribution >= 0.6 is 0 Å². The first-order valence-electron chi connectivity index (χ1n) is 7.12. The molecule has 0 aliphatic rings. The van der Waals surface area contributed by atoms with Crippen molar-refractivity contribution in [2.24, 2.45) is 0 Å². The molecule has 0 fully saturated rings. The molecule has 23 heavy (non-hydrogen) atoms. The average Bonchev–Trinajstić information content (AvgIpc) is 3.09. The first kappa shape index (κ1) is 13.3. The van der Waals surface area contributed by atoms with E-state index in [4.69, 9.17) is 0 Å². The Kier molecular flexibility index (Phi) is 3.32. The predicted molar refractivity (Wildman–Crippen MR) is 85.6 cm³/mol. The fraction of sp³-hybridized carbons (Fsp3) is 0. The largest absolute Gasteiger partial charge is 0.264 e. The summed E-state index contributed by atoms with van der Waals surface area (Å²) in [7, 11) is 0. The van der Waals surface area contributed by atoms with Crippen molar-refractivity contribution in [2.75, 3.05) is 0 Å². The van der Waals surface area contributed by atoms with E-state index >= 15 is 0 Å². The second-order valence-electron chi connectivity index (χ2n) is 4.83. The van der Waals surface area contributed by atoms with Crippen LogP contribution in [0, 0.1) is 0 Å². The quantitative estimate of drug-likeness (QED) is 0.582. The van der Waals surface area contributed by atoms with Crippen molar-refractivity contribution in [3.05, 3.63) is 73.3 Å². The summed E-state index contributed by atoms with van der Waals surface area (Å²) in [6.07, 6.45) is 6.96. The smallest absolute Gasteiger partial charge is 0.188 e. The summed E-state index contributed by atoms with van der Waals surface area (Å²) in [5, 5.41) is 8.65. The van der Waals surface area contributed by atoms with E-state index < -0.39 is 0 Å². The number of hydrogen-bond donors (Lipinski definition) is 0. The first-order valence-corrected chi connectivity index (χ1v) is 7.12. The van der Waals surface area contributed by atoms with Crippen molar-refractivity contribution in [3.8, 4) is 28.7 Å². The molecule has 6 nitrogen and oxygen atoms in total. The number of nitrogens with zero attached hydrogens (tertiary/aromatic N) is 6. The van der Waals surface area contributed by atoms with Crippen LogP contribution in [0.15, 0.2) is 73.3 Å². The molecule has 0 aliphatic heterocycles. The zero-order valence-electron chi connectivity index (χ0n) is 12.1. The van der Waals surface area contributed by atoms with Gasteiger partial charge >= 0.3 is 0 Å². The molecule has 4 rings (SSSR count). The third-order valence-electron chi connectivity index (χ3n) is 3.36. The van der Waals surface area contributed by atoms with Gasteiger partial charge in [-0.05, 0) is 36.4 Å². The van der Waals surface area contributed by atoms with Gasteiger partial charge in [-0.1, -0.05) is 12.1 Å². The van der Waals surface area contributed by atoms with Crippen molar-refractivity contribution < 1.29 is 0 Å². The fourth-order valence-electron chi connectivity index (χ4n) is 2.33. The van der Waals surface area contributed by atoms with Crippen LogP contribution in [0.5, 0.6) is 0 Å². The van der Waals surface area contributed by atoms with E-state index in [2.05, 4.69) is 25.1 Å². The predicted octanol–water partition coefficient (Wildman–Crippen LogP) is 2.79. The monoisotopic (exact) mass is 300 g/mol. The van der Waals surface area contributed by atoms with Gasteiger partial charge in [0.15, 0.2) is 11.6 Å². The summed E-state index contributed by atoms with van der Waals surface area (Å²) < 4.78 is 1.89. The highest BCUT2D eigenvalue weighted by Crippen LogP contribution is 2.25. The maximum absolute atomic E-state index is 4.43. The van der Waals surface area contributed by atoms with Gasteiger partial charge in [0, 0.05) is 30.4 Å². The van der Waals surface area contributed by atoms with Crippen LogP contribution in [0.25, 0.3) is 28.7 Å². The minimum atomic E-state index is 0.642. The molecule has 0 saturated carbocycles. The van der Waals surface area contributed by atoms with E-state index in [1.54, 1.807) is 24.8 Å². The molecule has 0 spiro atoms. The van der Waals surface area contributed by atoms with Gasteiger partial charge in [-0.15, -0.1) is 10.2 Å². The van der Waals surface area contributed by atoms with E-state index in [0.29, 0.717) is 11.6 Å². The molecular formula is C17H12N6. The summed E-state index contributed by atoms with van der Waals surface area (Å²) in [6, 6.07) is 15.2. The Bertz CT molecular complexity index is 847. The molecule has 4 heterocycles. The molecule has 0 bridgehead atoms. The second-order valence-corrected chi connectivity index (χ2v) is 4.83. The molecule has 0 radical (unpaired) electrons. The molecule has 4 aromatic rings. The van der Waals surface area contributed by atoms with E-state index in [-0.39, 0.29) is 0 Å². The molecule has 0 aromatic carbocycles. The van der Waals surface area contributed by atoms with Crippen LogP contribution < -0.4 is 0 Å². The lowest BCUT2D eigenvalue weighted by Crippen LogP contribution is -2.03. The van der Waals surface area contributed by atoms with Crippen LogP contribution in [0.2, 0.25) is 0 Å². The molecule has 0 atom stereocenters. The Morgan fingerprint density at radius 2 is 1.52 bits per heavy atom. The van der Waals surface area contributed by atoms with E-state index in [9.17, 15) is 0 Å². The number of rotatable bonds is 3. The molecule has 0 aliphatic carbocycles. The third kappa shape index (κ3) is 2.46. The highest BCUT2D eigenvalue weighted by atomic mass is 15.3. The summed E-state index contributed by atoms with van der Waals surface area (Å²) in [5.74, 6) is 2.05. The van der Waals surface area contributed by atoms with Crippen LogP contribution in [0.4, 0.5) is 0 Å². The van der Waals surface area contributed by atoms with E-state index in [1.807, 2.05) is 53.1 Å². The van der Waals surface area contributed by atoms with E-state index in [1.165, 1.54) is 0 Å². The van der Waals surface area contributed by atoms with Gasteiger partial charge in [0.25, 0.3) is 0 Å². The van der Waals surface area contributed by atoms with Gasteiger partial charge in [-0.25, -0.2) is 4.98 Å². The third-order valence-corrected chi connectivity index (χ3v) is 3.36. The topological polar surface area (TPSA) is 69.4 Å². The normalized spacial score (nSPS) is 10.6. The molecule has 0 amide bonds. The zero-order valence-corrected chi connectivity index (χ0v) is 12.1. The maximum atomic E-state index is 4.43. The first-order chi connectivity index (χ1) is 11.4. The highest BCUT2D eigenvalue weighted by molar-refractivity contribution is 5.63. The molecule has 0 N–H and O–H groups in total. The summed E-state index contributed by atoms with van der Waals surface area (Å²) in [5.41, 5.74) is 1.61. The van der Waals surface area contributed by atoms with Gasteiger partial charge in [0.05, 0.1) is 0 Å². The van der Waals surface area contributed by atoms with Gasteiger partial charge in [-0.2, -0.15) is 0 Å². The van der Waals surface area contributed by atoms with Gasteiger partial charge in [0.1, 0.15) is 11.5 Å². The lowest BCUT2D eigenvalue weighted by molar-refractivity contribution is 0.996. The minimum absolute atomic E-state index is 0.642. The SMILES string of the molecule is c1ccc(-c2nnc(-c3cccnc3)n2-c2ccccn2)nc1. The summed E-state index contributed by atoms with van der Waals surface area (Å²) >= 11 is 0. The van der Waals surface area contributed by atoms with Crippen molar-refractivity contribution in [1.82, 2.24) is 29.7 Å². The fourth-order valence-corrected chi connectivity index (χ4v) is 2.33.